The zero-order chi connectivity index (χ0) is 13.0. The molecule has 0 aliphatic carbocycles. The maximum Gasteiger partial charge on any atom is 0.161 e. The second-order valence-corrected chi connectivity index (χ2v) is 4.37. The van der Waals surface area contributed by atoms with Crippen LogP contribution in [0.1, 0.15) is 39.4 Å². The van der Waals surface area contributed by atoms with E-state index in [9.17, 15) is 0 Å². The molecule has 0 spiro atoms. The highest BCUT2D eigenvalue weighted by atomic mass is 15.4. The Balaban J connectivity index is 2.31. The second-order valence-electron chi connectivity index (χ2n) is 4.37. The number of aromatic nitrogens is 5. The molecule has 0 fully saturated rings. The number of rotatable bonds is 6. The quantitative estimate of drug-likeness (QED) is 0.788. The minimum atomic E-state index is 0.869. The third-order valence-electron chi connectivity index (χ3n) is 2.97. The van der Waals surface area contributed by atoms with Crippen molar-refractivity contribution in [2.24, 2.45) is 0 Å². The normalized spacial score (nSPS) is 11.1. The van der Waals surface area contributed by atoms with Gasteiger partial charge in [0.15, 0.2) is 11.6 Å². The zero-order valence-corrected chi connectivity index (χ0v) is 11.4. The smallest absolute Gasteiger partial charge is 0.161 e. The summed E-state index contributed by atoms with van der Waals surface area (Å²) in [5, 5.41) is 8.85. The molecule has 2 rings (SSSR count). The number of nitrogens with zero attached hydrogens (tertiary/aromatic N) is 5. The highest BCUT2D eigenvalue weighted by Crippen LogP contribution is 2.17. The van der Waals surface area contributed by atoms with E-state index in [4.69, 9.17) is 0 Å². The van der Waals surface area contributed by atoms with Gasteiger partial charge in [-0.3, -0.25) is 4.68 Å². The molecule has 0 saturated carbocycles. The highest BCUT2D eigenvalue weighted by molar-refractivity contribution is 5.52. The second kappa shape index (κ2) is 5.80. The Kier molecular flexibility index (Phi) is 4.12. The lowest BCUT2D eigenvalue weighted by molar-refractivity contribution is 0.571. The molecule has 0 saturated heterocycles. The Bertz CT molecular complexity index is 497. The van der Waals surface area contributed by atoms with Gasteiger partial charge in [-0.1, -0.05) is 20.3 Å². The van der Waals surface area contributed by atoms with Crippen molar-refractivity contribution in [3.63, 3.8) is 0 Å². The van der Waals surface area contributed by atoms with Gasteiger partial charge in [0.2, 0.25) is 0 Å². The zero-order valence-electron chi connectivity index (χ0n) is 11.4. The van der Waals surface area contributed by atoms with Crippen LogP contribution in [-0.4, -0.2) is 24.5 Å². The van der Waals surface area contributed by atoms with Crippen LogP contribution in [0.2, 0.25) is 0 Å². The van der Waals surface area contributed by atoms with Gasteiger partial charge in [0.25, 0.3) is 0 Å². The van der Waals surface area contributed by atoms with Gasteiger partial charge < -0.3 is 0 Å². The number of unbranched alkanes of at least 4 members (excludes halogenated alkanes) is 1. The van der Waals surface area contributed by atoms with Crippen LogP contribution in [0.3, 0.4) is 0 Å². The maximum atomic E-state index is 4.60. The van der Waals surface area contributed by atoms with E-state index in [0.717, 1.165) is 49.6 Å². The van der Waals surface area contributed by atoms with E-state index in [-0.39, 0.29) is 0 Å². The van der Waals surface area contributed by atoms with Gasteiger partial charge in [-0.15, -0.1) is 0 Å². The van der Waals surface area contributed by atoms with Gasteiger partial charge in [0.1, 0.15) is 0 Å². The number of hydrogen-bond donors (Lipinski definition) is 0. The Morgan fingerprint density at radius 1 is 1.22 bits per heavy atom. The van der Waals surface area contributed by atoms with Gasteiger partial charge in [-0.2, -0.15) is 10.2 Å². The summed E-state index contributed by atoms with van der Waals surface area (Å²) in [4.78, 5) is 4.60. The highest BCUT2D eigenvalue weighted by Gasteiger charge is 2.12. The minimum absolute atomic E-state index is 0.869. The van der Waals surface area contributed by atoms with Crippen molar-refractivity contribution in [1.29, 1.82) is 0 Å². The average Bonchev–Trinajstić information content (AvgIpc) is 3.02. The molecule has 2 aromatic rings. The van der Waals surface area contributed by atoms with Crippen LogP contribution in [0.25, 0.3) is 11.4 Å². The van der Waals surface area contributed by atoms with Crippen molar-refractivity contribution >= 4 is 0 Å². The molecule has 0 radical (unpaired) electrons. The molecule has 2 heterocycles. The molecule has 98 valence electrons. The van der Waals surface area contributed by atoms with Crippen molar-refractivity contribution < 1.29 is 0 Å². The van der Waals surface area contributed by atoms with Crippen LogP contribution in [-0.2, 0) is 19.5 Å². The minimum Gasteiger partial charge on any atom is -0.272 e. The van der Waals surface area contributed by atoms with E-state index >= 15 is 0 Å². The predicted octanol–water partition coefficient (Wildman–Crippen LogP) is 2.52. The van der Waals surface area contributed by atoms with E-state index in [0.29, 0.717) is 0 Å². The van der Waals surface area contributed by atoms with E-state index in [2.05, 4.69) is 36.0 Å². The van der Waals surface area contributed by atoms with E-state index in [1.54, 1.807) is 0 Å². The van der Waals surface area contributed by atoms with Gasteiger partial charge >= 0.3 is 0 Å². The average molecular weight is 247 g/mol. The molecule has 0 aliphatic rings. The number of aryl methyl sites for hydroxylation is 3. The lowest BCUT2D eigenvalue weighted by Gasteiger charge is -2.02. The first kappa shape index (κ1) is 12.8. The van der Waals surface area contributed by atoms with Gasteiger partial charge in [-0.05, 0) is 13.3 Å². The largest absolute Gasteiger partial charge is 0.272 e. The van der Waals surface area contributed by atoms with Crippen LogP contribution in [0.5, 0.6) is 0 Å². The SMILES string of the molecule is CCCCn1nc(CC)nc1-c1cnn(CC)c1. The summed E-state index contributed by atoms with van der Waals surface area (Å²) in [6.45, 7) is 8.15. The molecule has 0 atom stereocenters. The van der Waals surface area contributed by atoms with Crippen LogP contribution in [0, 0.1) is 0 Å². The predicted molar refractivity (Wildman–Crippen MR) is 71.2 cm³/mol. The first-order valence-corrected chi connectivity index (χ1v) is 6.75. The monoisotopic (exact) mass is 247 g/mol. The molecule has 5 heteroatoms. The lowest BCUT2D eigenvalue weighted by atomic mass is 10.3. The van der Waals surface area contributed by atoms with Gasteiger partial charge in [0.05, 0.1) is 11.8 Å². The molecule has 0 N–H and O–H groups in total. The molecule has 0 bridgehead atoms. The Morgan fingerprint density at radius 2 is 2.06 bits per heavy atom. The van der Waals surface area contributed by atoms with Crippen molar-refractivity contribution in [3.05, 3.63) is 18.2 Å². The molecule has 0 unspecified atom stereocenters. The van der Waals surface area contributed by atoms with Crippen molar-refractivity contribution in [2.45, 2.75) is 53.1 Å². The Morgan fingerprint density at radius 3 is 2.67 bits per heavy atom. The molecular formula is C13H21N5. The summed E-state index contributed by atoms with van der Waals surface area (Å²) < 4.78 is 3.93. The van der Waals surface area contributed by atoms with Crippen LogP contribution < -0.4 is 0 Å². The maximum absolute atomic E-state index is 4.60. The Labute approximate surface area is 108 Å². The van der Waals surface area contributed by atoms with Crippen LogP contribution in [0.15, 0.2) is 12.4 Å². The third-order valence-corrected chi connectivity index (χ3v) is 2.97. The van der Waals surface area contributed by atoms with Crippen molar-refractivity contribution in [3.8, 4) is 11.4 Å². The first-order chi connectivity index (χ1) is 8.78. The van der Waals surface area contributed by atoms with Gasteiger partial charge in [-0.25, -0.2) is 9.67 Å². The summed E-state index contributed by atoms with van der Waals surface area (Å²) >= 11 is 0. The summed E-state index contributed by atoms with van der Waals surface area (Å²) in [6, 6.07) is 0. The third kappa shape index (κ3) is 2.60. The summed E-state index contributed by atoms with van der Waals surface area (Å²) in [7, 11) is 0. The standard InChI is InChI=1S/C13H21N5/c1-4-7-8-18-13(15-12(5-2)16-18)11-9-14-17(6-3)10-11/h9-10H,4-8H2,1-3H3. The molecule has 0 aromatic carbocycles. The summed E-state index contributed by atoms with van der Waals surface area (Å²) in [6.07, 6.45) is 7.06. The van der Waals surface area contributed by atoms with E-state index < -0.39 is 0 Å². The fourth-order valence-electron chi connectivity index (χ4n) is 1.87. The molecule has 0 amide bonds. The van der Waals surface area contributed by atoms with Crippen molar-refractivity contribution in [2.75, 3.05) is 0 Å². The molecule has 0 aliphatic heterocycles. The fraction of sp³-hybridized carbons (Fsp3) is 0.615. The number of hydrogen-bond acceptors (Lipinski definition) is 3. The molecule has 5 nitrogen and oxygen atoms in total. The fourth-order valence-corrected chi connectivity index (χ4v) is 1.87. The topological polar surface area (TPSA) is 48.5 Å². The molecule has 2 aromatic heterocycles. The first-order valence-electron chi connectivity index (χ1n) is 6.75. The Hall–Kier alpha value is -1.65. The molecule has 18 heavy (non-hydrogen) atoms. The van der Waals surface area contributed by atoms with E-state index in [1.807, 2.05) is 21.8 Å². The van der Waals surface area contributed by atoms with E-state index in [1.165, 1.54) is 0 Å². The van der Waals surface area contributed by atoms with Crippen LogP contribution >= 0.6 is 0 Å². The van der Waals surface area contributed by atoms with Crippen LogP contribution in [0.4, 0.5) is 0 Å². The summed E-state index contributed by atoms with van der Waals surface area (Å²) in [5.74, 6) is 1.85. The van der Waals surface area contributed by atoms with Crippen molar-refractivity contribution in [1.82, 2.24) is 24.5 Å². The van der Waals surface area contributed by atoms with Gasteiger partial charge in [0, 0.05) is 25.7 Å². The molecular weight excluding hydrogens is 226 g/mol. The summed E-state index contributed by atoms with van der Waals surface area (Å²) in [5.41, 5.74) is 1.06. The lowest BCUT2D eigenvalue weighted by Crippen LogP contribution is -2.02.